The van der Waals surface area contributed by atoms with Crippen molar-refractivity contribution >= 4 is 22.6 Å². The first-order chi connectivity index (χ1) is 8.33. The van der Waals surface area contributed by atoms with Crippen molar-refractivity contribution in [1.82, 2.24) is 5.32 Å². The summed E-state index contributed by atoms with van der Waals surface area (Å²) in [7, 11) is 0. The highest BCUT2D eigenvalue weighted by atomic mass is 127. The van der Waals surface area contributed by atoms with Crippen molar-refractivity contribution in [2.75, 3.05) is 6.54 Å². The van der Waals surface area contributed by atoms with Crippen LogP contribution >= 0.6 is 22.6 Å². The van der Waals surface area contributed by atoms with Crippen molar-refractivity contribution in [3.63, 3.8) is 0 Å². The lowest BCUT2D eigenvalue weighted by atomic mass is 10.1. The van der Waals surface area contributed by atoms with E-state index in [2.05, 4.69) is 59.1 Å². The first-order valence-corrected chi connectivity index (χ1v) is 7.86. The highest BCUT2D eigenvalue weighted by molar-refractivity contribution is 14.1. The minimum Gasteiger partial charge on any atom is -0.313 e. The van der Waals surface area contributed by atoms with E-state index in [9.17, 15) is 0 Å². The third-order valence-corrected chi connectivity index (χ3v) is 3.67. The Morgan fingerprint density at radius 3 is 2.29 bits per heavy atom. The zero-order valence-electron chi connectivity index (χ0n) is 10.8. The summed E-state index contributed by atoms with van der Waals surface area (Å²) in [6.07, 6.45) is 8.24. The van der Waals surface area contributed by atoms with Crippen LogP contribution in [0.25, 0.3) is 0 Å². The molecule has 0 atom stereocenters. The first kappa shape index (κ1) is 15.0. The van der Waals surface area contributed by atoms with Crippen LogP contribution in [0.3, 0.4) is 0 Å². The summed E-state index contributed by atoms with van der Waals surface area (Å²) < 4.78 is 1.31. The first-order valence-electron chi connectivity index (χ1n) is 6.78. The molecule has 0 aliphatic rings. The maximum atomic E-state index is 3.51. The lowest BCUT2D eigenvalue weighted by molar-refractivity contribution is 0.572. The number of unbranched alkanes of at least 4 members (excludes halogenated alkanes) is 5. The van der Waals surface area contributed by atoms with Crippen LogP contribution in [0.5, 0.6) is 0 Å². The van der Waals surface area contributed by atoms with Gasteiger partial charge in [0, 0.05) is 10.1 Å². The van der Waals surface area contributed by atoms with Gasteiger partial charge in [0.05, 0.1) is 0 Å². The van der Waals surface area contributed by atoms with Gasteiger partial charge in [-0.3, -0.25) is 0 Å². The van der Waals surface area contributed by atoms with Crippen LogP contribution in [0, 0.1) is 3.57 Å². The molecule has 0 unspecified atom stereocenters. The van der Waals surface area contributed by atoms with Gasteiger partial charge in [-0.05, 0) is 53.3 Å². The van der Waals surface area contributed by atoms with Gasteiger partial charge < -0.3 is 5.32 Å². The van der Waals surface area contributed by atoms with Gasteiger partial charge in [0.1, 0.15) is 0 Å². The smallest absolute Gasteiger partial charge is 0.0205 e. The van der Waals surface area contributed by atoms with Gasteiger partial charge >= 0.3 is 0 Å². The van der Waals surface area contributed by atoms with E-state index in [0.717, 1.165) is 13.1 Å². The van der Waals surface area contributed by atoms with Crippen LogP contribution in [0.2, 0.25) is 0 Å². The third-order valence-electron chi connectivity index (χ3n) is 2.95. The van der Waals surface area contributed by atoms with Gasteiger partial charge in [-0.1, -0.05) is 51.2 Å². The van der Waals surface area contributed by atoms with Gasteiger partial charge in [-0.15, -0.1) is 0 Å². The summed E-state index contributed by atoms with van der Waals surface area (Å²) >= 11 is 2.34. The second-order valence-electron chi connectivity index (χ2n) is 4.57. The molecule has 0 heterocycles. The van der Waals surface area contributed by atoms with Crippen LogP contribution in [0.4, 0.5) is 0 Å². The molecular weight excluding hydrogens is 321 g/mol. The monoisotopic (exact) mass is 345 g/mol. The fourth-order valence-corrected chi connectivity index (χ4v) is 2.22. The number of hydrogen-bond acceptors (Lipinski definition) is 1. The molecule has 0 bridgehead atoms. The Morgan fingerprint density at radius 2 is 1.59 bits per heavy atom. The quantitative estimate of drug-likeness (QED) is 0.503. The largest absolute Gasteiger partial charge is 0.313 e. The zero-order chi connectivity index (χ0) is 12.3. The number of hydrogen-bond donors (Lipinski definition) is 1. The van der Waals surface area contributed by atoms with E-state index in [1.54, 1.807) is 0 Å². The summed E-state index contributed by atoms with van der Waals surface area (Å²) in [5, 5.41) is 3.51. The zero-order valence-corrected chi connectivity index (χ0v) is 13.0. The van der Waals surface area contributed by atoms with E-state index in [-0.39, 0.29) is 0 Å². The molecular formula is C15H24IN. The van der Waals surface area contributed by atoms with E-state index < -0.39 is 0 Å². The van der Waals surface area contributed by atoms with Crippen LogP contribution in [-0.2, 0) is 6.54 Å². The number of nitrogens with one attached hydrogen (secondary N) is 1. The summed E-state index contributed by atoms with van der Waals surface area (Å²) in [6, 6.07) is 8.75. The second kappa shape index (κ2) is 9.89. The van der Waals surface area contributed by atoms with E-state index in [1.807, 2.05) is 0 Å². The standard InChI is InChI=1S/C15H24IN/c1-2-3-4-5-6-7-12-17-13-14-8-10-15(16)11-9-14/h8-11,17H,2-7,12-13H2,1H3. The van der Waals surface area contributed by atoms with Gasteiger partial charge in [0.2, 0.25) is 0 Å². The molecule has 0 saturated heterocycles. The lowest BCUT2D eigenvalue weighted by Gasteiger charge is -2.05. The van der Waals surface area contributed by atoms with E-state index in [4.69, 9.17) is 0 Å². The Labute approximate surface area is 120 Å². The molecule has 0 fully saturated rings. The molecule has 0 saturated carbocycles. The Hall–Kier alpha value is -0.0900. The highest BCUT2D eigenvalue weighted by Gasteiger charge is 1.93. The average Bonchev–Trinajstić information content (AvgIpc) is 2.35. The molecule has 1 aromatic carbocycles. The molecule has 0 amide bonds. The topological polar surface area (TPSA) is 12.0 Å². The predicted molar refractivity (Wildman–Crippen MR) is 84.2 cm³/mol. The molecule has 17 heavy (non-hydrogen) atoms. The molecule has 2 heteroatoms. The van der Waals surface area contributed by atoms with E-state index >= 15 is 0 Å². The molecule has 0 aliphatic carbocycles. The maximum absolute atomic E-state index is 3.51. The van der Waals surface area contributed by atoms with Crippen LogP contribution < -0.4 is 5.32 Å². The molecule has 0 radical (unpaired) electrons. The minimum atomic E-state index is 1.01. The Balaban J connectivity index is 1.95. The summed E-state index contributed by atoms with van der Waals surface area (Å²) in [5.74, 6) is 0. The van der Waals surface area contributed by atoms with Crippen molar-refractivity contribution in [3.05, 3.63) is 33.4 Å². The van der Waals surface area contributed by atoms with Crippen LogP contribution in [-0.4, -0.2) is 6.54 Å². The number of benzene rings is 1. The Morgan fingerprint density at radius 1 is 0.941 bits per heavy atom. The fourth-order valence-electron chi connectivity index (χ4n) is 1.87. The summed E-state index contributed by atoms with van der Waals surface area (Å²) in [6.45, 7) is 4.42. The van der Waals surface area contributed by atoms with E-state index in [0.29, 0.717) is 0 Å². The molecule has 96 valence electrons. The van der Waals surface area contributed by atoms with Crippen LogP contribution in [0.15, 0.2) is 24.3 Å². The van der Waals surface area contributed by atoms with Crippen molar-refractivity contribution in [2.24, 2.45) is 0 Å². The van der Waals surface area contributed by atoms with Crippen molar-refractivity contribution < 1.29 is 0 Å². The third kappa shape index (κ3) is 7.77. The maximum Gasteiger partial charge on any atom is 0.0205 e. The second-order valence-corrected chi connectivity index (χ2v) is 5.82. The van der Waals surface area contributed by atoms with Gasteiger partial charge in [-0.2, -0.15) is 0 Å². The Kier molecular flexibility index (Phi) is 8.71. The van der Waals surface area contributed by atoms with Gasteiger partial charge in [0.25, 0.3) is 0 Å². The lowest BCUT2D eigenvalue weighted by Crippen LogP contribution is -2.14. The Bertz CT molecular complexity index is 281. The highest BCUT2D eigenvalue weighted by Crippen LogP contribution is 2.07. The number of rotatable bonds is 9. The SMILES string of the molecule is CCCCCCCCNCc1ccc(I)cc1. The van der Waals surface area contributed by atoms with Crippen molar-refractivity contribution in [3.8, 4) is 0 Å². The number of halogens is 1. The van der Waals surface area contributed by atoms with Crippen molar-refractivity contribution in [2.45, 2.75) is 52.0 Å². The molecule has 0 aliphatic heterocycles. The van der Waals surface area contributed by atoms with Crippen molar-refractivity contribution in [1.29, 1.82) is 0 Å². The molecule has 1 nitrogen and oxygen atoms in total. The molecule has 1 rings (SSSR count). The molecule has 0 spiro atoms. The summed E-state index contributed by atoms with van der Waals surface area (Å²) in [5.41, 5.74) is 1.39. The molecule has 1 aromatic rings. The molecule has 1 N–H and O–H groups in total. The summed E-state index contributed by atoms with van der Waals surface area (Å²) in [4.78, 5) is 0. The van der Waals surface area contributed by atoms with Crippen LogP contribution in [0.1, 0.15) is 51.0 Å². The average molecular weight is 345 g/mol. The van der Waals surface area contributed by atoms with Gasteiger partial charge in [-0.25, -0.2) is 0 Å². The van der Waals surface area contributed by atoms with Gasteiger partial charge in [0.15, 0.2) is 0 Å². The van der Waals surface area contributed by atoms with E-state index in [1.165, 1.54) is 47.7 Å². The fraction of sp³-hybridized carbons (Fsp3) is 0.600. The predicted octanol–water partition coefficient (Wildman–Crippen LogP) is 4.74. The normalized spacial score (nSPS) is 10.7. The minimum absolute atomic E-state index is 1.01. The molecule has 0 aromatic heterocycles.